The molecule has 1 aromatic rings. The van der Waals surface area contributed by atoms with Crippen molar-refractivity contribution in [3.63, 3.8) is 0 Å². The summed E-state index contributed by atoms with van der Waals surface area (Å²) < 4.78 is 11.4. The van der Waals surface area contributed by atoms with Crippen LogP contribution < -0.4 is 14.8 Å². The van der Waals surface area contributed by atoms with Crippen molar-refractivity contribution in [1.82, 2.24) is 20.0 Å². The van der Waals surface area contributed by atoms with Crippen LogP contribution >= 0.6 is 0 Å². The molecular weight excluding hydrogens is 394 g/mol. The number of rotatable bonds is 7. The summed E-state index contributed by atoms with van der Waals surface area (Å²) in [5.41, 5.74) is 0. The molecule has 0 bridgehead atoms. The summed E-state index contributed by atoms with van der Waals surface area (Å²) in [6.45, 7) is 8.48. The van der Waals surface area contributed by atoms with Crippen molar-refractivity contribution in [2.45, 2.75) is 32.3 Å². The van der Waals surface area contributed by atoms with Gasteiger partial charge in [-0.15, -0.1) is 0 Å². The number of guanidine groups is 1. The Morgan fingerprint density at radius 2 is 1.71 bits per heavy atom. The monoisotopic (exact) mass is 431 g/mol. The van der Waals surface area contributed by atoms with Crippen molar-refractivity contribution >= 4 is 11.9 Å². The Hall–Kier alpha value is -2.48. The Balaban J connectivity index is 1.41. The van der Waals surface area contributed by atoms with Crippen molar-refractivity contribution in [3.8, 4) is 11.5 Å². The van der Waals surface area contributed by atoms with Gasteiger partial charge in [0.1, 0.15) is 6.10 Å². The number of likely N-dealkylation sites (tertiary alicyclic amines) is 1. The fraction of sp³-hybridized carbons (Fsp3) is 0.652. The second kappa shape index (κ2) is 11.8. The van der Waals surface area contributed by atoms with Gasteiger partial charge < -0.3 is 24.6 Å². The number of methoxy groups -OCH3 is 1. The topological polar surface area (TPSA) is 69.6 Å². The molecule has 0 spiro atoms. The predicted octanol–water partition coefficient (Wildman–Crippen LogP) is 1.67. The van der Waals surface area contributed by atoms with Crippen molar-refractivity contribution < 1.29 is 14.3 Å². The van der Waals surface area contributed by atoms with Gasteiger partial charge in [-0.25, -0.2) is 0 Å². The van der Waals surface area contributed by atoms with Crippen molar-refractivity contribution in [3.05, 3.63) is 24.3 Å². The van der Waals surface area contributed by atoms with E-state index in [1.165, 1.54) is 6.42 Å². The number of nitrogens with one attached hydrogen (secondary N) is 1. The van der Waals surface area contributed by atoms with E-state index in [4.69, 9.17) is 9.47 Å². The van der Waals surface area contributed by atoms with Crippen LogP contribution in [0.25, 0.3) is 0 Å². The summed E-state index contributed by atoms with van der Waals surface area (Å²) in [5, 5.41) is 3.42. The Morgan fingerprint density at radius 3 is 2.35 bits per heavy atom. The van der Waals surface area contributed by atoms with Gasteiger partial charge in [-0.1, -0.05) is 12.1 Å². The first-order chi connectivity index (χ1) is 15.1. The molecule has 1 atom stereocenters. The number of benzene rings is 1. The lowest BCUT2D eigenvalue weighted by molar-refractivity contribution is -0.133. The molecule has 1 N–H and O–H groups in total. The molecule has 0 aromatic heterocycles. The zero-order chi connectivity index (χ0) is 22.1. The molecule has 2 fully saturated rings. The maximum absolute atomic E-state index is 12.5. The number of aliphatic imine (C=N–C) groups is 1. The standard InChI is InChI=1S/C23H37N5O3/c1-19(31-21-10-6-5-9-20(21)30-3)17-25-23(24-2)28-15-13-26(14-16-28)18-22(29)27-11-7-4-8-12-27/h5-6,9-10,19H,4,7-8,11-18H2,1-3H3,(H,24,25). The number of hydrogen-bond acceptors (Lipinski definition) is 5. The molecule has 8 nitrogen and oxygen atoms in total. The lowest BCUT2D eigenvalue weighted by Crippen LogP contribution is -2.55. The first-order valence-electron chi connectivity index (χ1n) is 11.4. The van der Waals surface area contributed by atoms with Crippen LogP contribution in [0.1, 0.15) is 26.2 Å². The van der Waals surface area contributed by atoms with E-state index in [0.717, 1.165) is 69.6 Å². The normalized spacial score (nSPS) is 19.1. The largest absolute Gasteiger partial charge is 0.493 e. The number of nitrogens with zero attached hydrogens (tertiary/aromatic N) is 4. The molecule has 2 saturated heterocycles. The number of piperazine rings is 1. The molecule has 1 unspecified atom stereocenters. The van der Waals surface area contributed by atoms with Crippen molar-refractivity contribution in [1.29, 1.82) is 0 Å². The van der Waals surface area contributed by atoms with Crippen LogP contribution in [-0.4, -0.2) is 99.2 Å². The molecule has 1 amide bonds. The van der Waals surface area contributed by atoms with Crippen molar-refractivity contribution in [2.24, 2.45) is 4.99 Å². The minimum atomic E-state index is -0.0449. The van der Waals surface area contributed by atoms with Crippen LogP contribution in [0.15, 0.2) is 29.3 Å². The highest BCUT2D eigenvalue weighted by molar-refractivity contribution is 5.80. The maximum atomic E-state index is 12.5. The van der Waals surface area contributed by atoms with E-state index < -0.39 is 0 Å². The average Bonchev–Trinajstić information content (AvgIpc) is 2.81. The number of amides is 1. The Bertz CT molecular complexity index is 728. The summed E-state index contributed by atoms with van der Waals surface area (Å²) in [7, 11) is 3.45. The molecule has 2 heterocycles. The van der Waals surface area contributed by atoms with Gasteiger partial charge in [-0.2, -0.15) is 0 Å². The highest BCUT2D eigenvalue weighted by Gasteiger charge is 2.24. The first kappa shape index (κ1) is 23.2. The minimum absolute atomic E-state index is 0.0449. The third kappa shape index (κ3) is 6.75. The van der Waals surface area contributed by atoms with Gasteiger partial charge in [-0.3, -0.25) is 14.7 Å². The van der Waals surface area contributed by atoms with Gasteiger partial charge in [0.2, 0.25) is 5.91 Å². The molecule has 1 aromatic carbocycles. The van der Waals surface area contributed by atoms with Gasteiger partial charge in [0.25, 0.3) is 0 Å². The van der Waals surface area contributed by atoms with Crippen LogP contribution in [0.5, 0.6) is 11.5 Å². The van der Waals surface area contributed by atoms with Crippen LogP contribution in [0.4, 0.5) is 0 Å². The average molecular weight is 432 g/mol. The molecule has 0 radical (unpaired) electrons. The zero-order valence-corrected chi connectivity index (χ0v) is 19.2. The summed E-state index contributed by atoms with van der Waals surface area (Å²) in [6.07, 6.45) is 3.48. The molecule has 3 rings (SSSR count). The molecular formula is C23H37N5O3. The van der Waals surface area contributed by atoms with Gasteiger partial charge >= 0.3 is 0 Å². The lowest BCUT2D eigenvalue weighted by atomic mass is 10.1. The van der Waals surface area contributed by atoms with Gasteiger partial charge in [0.15, 0.2) is 17.5 Å². The smallest absolute Gasteiger partial charge is 0.236 e. The maximum Gasteiger partial charge on any atom is 0.236 e. The third-order valence-corrected chi connectivity index (χ3v) is 5.90. The van der Waals surface area contributed by atoms with E-state index >= 15 is 0 Å². The highest BCUT2D eigenvalue weighted by Crippen LogP contribution is 2.26. The number of carbonyl (C=O) groups excluding carboxylic acids is 1. The summed E-state index contributed by atoms with van der Waals surface area (Å²) in [4.78, 5) is 23.5. The van der Waals surface area contributed by atoms with Crippen LogP contribution in [0.2, 0.25) is 0 Å². The highest BCUT2D eigenvalue weighted by atomic mass is 16.5. The van der Waals surface area contributed by atoms with E-state index in [9.17, 15) is 4.79 Å². The van der Waals surface area contributed by atoms with E-state index in [2.05, 4.69) is 20.1 Å². The minimum Gasteiger partial charge on any atom is -0.493 e. The number of piperidine rings is 1. The fourth-order valence-electron chi connectivity index (χ4n) is 4.09. The fourth-order valence-corrected chi connectivity index (χ4v) is 4.09. The molecule has 2 aliphatic heterocycles. The second-order valence-corrected chi connectivity index (χ2v) is 8.21. The van der Waals surface area contributed by atoms with E-state index in [1.807, 2.05) is 36.1 Å². The molecule has 0 saturated carbocycles. The SMILES string of the molecule is CN=C(NCC(C)Oc1ccccc1OC)N1CCN(CC(=O)N2CCCCC2)CC1. The predicted molar refractivity (Wildman–Crippen MR) is 123 cm³/mol. The van der Waals surface area contributed by atoms with E-state index in [0.29, 0.717) is 13.1 Å². The Labute approximate surface area is 186 Å². The van der Waals surface area contributed by atoms with E-state index in [1.54, 1.807) is 14.2 Å². The van der Waals surface area contributed by atoms with Crippen LogP contribution in [0.3, 0.4) is 0 Å². The summed E-state index contributed by atoms with van der Waals surface area (Å²) in [6, 6.07) is 7.67. The Morgan fingerprint density at radius 1 is 1.03 bits per heavy atom. The third-order valence-electron chi connectivity index (χ3n) is 5.90. The van der Waals surface area contributed by atoms with E-state index in [-0.39, 0.29) is 12.0 Å². The quantitative estimate of drug-likeness (QED) is 0.523. The summed E-state index contributed by atoms with van der Waals surface area (Å²) >= 11 is 0. The molecule has 172 valence electrons. The number of carbonyl (C=O) groups is 1. The molecule has 0 aliphatic carbocycles. The molecule has 2 aliphatic rings. The van der Waals surface area contributed by atoms with Gasteiger partial charge in [0, 0.05) is 46.3 Å². The van der Waals surface area contributed by atoms with Gasteiger partial charge in [0.05, 0.1) is 20.2 Å². The van der Waals surface area contributed by atoms with Gasteiger partial charge in [-0.05, 0) is 38.3 Å². The number of hydrogen-bond donors (Lipinski definition) is 1. The molecule has 8 heteroatoms. The number of ether oxygens (including phenoxy) is 2. The first-order valence-corrected chi connectivity index (χ1v) is 11.4. The summed E-state index contributed by atoms with van der Waals surface area (Å²) in [5.74, 6) is 2.62. The molecule has 31 heavy (non-hydrogen) atoms. The second-order valence-electron chi connectivity index (χ2n) is 8.21. The Kier molecular flexibility index (Phi) is 8.82. The van der Waals surface area contributed by atoms with Crippen LogP contribution in [-0.2, 0) is 4.79 Å². The zero-order valence-electron chi connectivity index (χ0n) is 19.2. The van der Waals surface area contributed by atoms with Crippen molar-refractivity contribution in [2.75, 3.05) is 66.5 Å². The number of para-hydroxylation sites is 2. The van der Waals surface area contributed by atoms with Crippen LogP contribution in [0, 0.1) is 0 Å². The lowest BCUT2D eigenvalue weighted by Gasteiger charge is -2.37.